The number of hydrogen-bond donors (Lipinski definition) is 2. The van der Waals surface area contributed by atoms with Gasteiger partial charge in [-0.3, -0.25) is 4.79 Å². The Kier molecular flexibility index (Phi) is 5.42. The van der Waals surface area contributed by atoms with Gasteiger partial charge in [0.25, 0.3) is 0 Å². The van der Waals surface area contributed by atoms with Crippen LogP contribution in [0.5, 0.6) is 0 Å². The molecule has 0 bridgehead atoms. The zero-order chi connectivity index (χ0) is 20.8. The van der Waals surface area contributed by atoms with Gasteiger partial charge in [0, 0.05) is 51.1 Å². The molecule has 0 amide bonds. The van der Waals surface area contributed by atoms with Crippen LogP contribution in [0.2, 0.25) is 0 Å². The zero-order valence-corrected chi connectivity index (χ0v) is 21.5. The number of allylic oxidation sites excluding steroid dienone is 4. The van der Waals surface area contributed by atoms with Crippen molar-refractivity contribution < 1.29 is 47.4 Å². The fourth-order valence-electron chi connectivity index (χ4n) is 8.65. The number of nitrogens with one attached hydrogen (secondary N) is 1. The second kappa shape index (κ2) is 7.10. The molecule has 30 heavy (non-hydrogen) atoms. The van der Waals surface area contributed by atoms with Crippen LogP contribution in [-0.2, 0) is 42.3 Å². The first-order valence-electron chi connectivity index (χ1n) is 11.4. The standard InChI is InChI=1S/C25H34NO3.Y/c1-5-20(28)25-14-26-13-16(25)11-19-18-7-6-15-10-17(27)8-9-22(15,2)24(18,4)21(29)12-23(19,25)3;/h6,8-10,16,18-19,21,26,29H,5,7,11-14H2,1-4H3;/q-1;/t16-,18-,19-,21-,22-,23-,24+,25+;/m0./s1. The molecule has 1 heterocycles. The van der Waals surface area contributed by atoms with Gasteiger partial charge in [-0.05, 0) is 54.0 Å². The molecule has 4 fully saturated rings. The van der Waals surface area contributed by atoms with Crippen LogP contribution in [0.1, 0.15) is 53.4 Å². The first-order chi connectivity index (χ1) is 13.6. The van der Waals surface area contributed by atoms with Crippen LogP contribution in [0.4, 0.5) is 0 Å². The van der Waals surface area contributed by atoms with E-state index >= 15 is 0 Å². The minimum absolute atomic E-state index is 0. The fourth-order valence-corrected chi connectivity index (χ4v) is 8.65. The summed E-state index contributed by atoms with van der Waals surface area (Å²) in [5.74, 6) is 1.51. The summed E-state index contributed by atoms with van der Waals surface area (Å²) in [5.41, 5.74) is -0.146. The van der Waals surface area contributed by atoms with Crippen LogP contribution in [0.3, 0.4) is 0 Å². The molecular formula is C25H34NO3Y-. The number of rotatable bonds is 2. The number of aliphatic hydroxyl groups excluding tert-OH is 1. The number of hydrogen-bond acceptors (Lipinski definition) is 4. The van der Waals surface area contributed by atoms with E-state index in [1.807, 2.05) is 13.0 Å². The number of carbonyl (C=O) groups is 2. The van der Waals surface area contributed by atoms with E-state index in [1.54, 1.807) is 12.2 Å². The molecule has 5 aliphatic rings. The molecule has 4 nitrogen and oxygen atoms in total. The van der Waals surface area contributed by atoms with Crippen LogP contribution in [-0.4, -0.2) is 35.9 Å². The number of aliphatic hydroxyl groups is 1. The molecule has 4 aliphatic carbocycles. The van der Waals surface area contributed by atoms with Gasteiger partial charge in [-0.2, -0.15) is 11.6 Å². The Morgan fingerprint density at radius 3 is 2.73 bits per heavy atom. The van der Waals surface area contributed by atoms with E-state index < -0.39 is 6.10 Å². The van der Waals surface area contributed by atoms with E-state index in [0.29, 0.717) is 36.4 Å². The molecule has 2 N–H and O–H groups in total. The van der Waals surface area contributed by atoms with Crippen molar-refractivity contribution in [1.29, 1.82) is 0 Å². The van der Waals surface area contributed by atoms with Gasteiger partial charge in [0.1, 0.15) is 5.78 Å². The quantitative estimate of drug-likeness (QED) is 0.590. The smallest absolute Gasteiger partial charge is 0.140 e. The van der Waals surface area contributed by atoms with Crippen molar-refractivity contribution in [2.24, 2.45) is 39.4 Å². The van der Waals surface area contributed by atoms with Gasteiger partial charge >= 0.3 is 0 Å². The second-order valence-corrected chi connectivity index (χ2v) is 10.9. The third kappa shape index (κ3) is 2.40. The molecule has 161 valence electrons. The van der Waals surface area contributed by atoms with Crippen molar-refractivity contribution in [2.75, 3.05) is 13.1 Å². The SMILES string of the molecule is CCC(=O)[C@@]12CNC[C@@H]1C[C@H]1[C@@H]3C[CH-]C4=CC(=O)C=C[C@]4(C)[C@@]3(C)[C@@H](O)C[C@@]12C.[Y]. The Morgan fingerprint density at radius 1 is 1.30 bits per heavy atom. The molecule has 0 aromatic heterocycles. The summed E-state index contributed by atoms with van der Waals surface area (Å²) < 4.78 is 0. The topological polar surface area (TPSA) is 66.4 Å². The summed E-state index contributed by atoms with van der Waals surface area (Å²) in [7, 11) is 0. The largest absolute Gasteiger partial charge is 0.392 e. The summed E-state index contributed by atoms with van der Waals surface area (Å²) in [6.45, 7) is 10.4. The maximum absolute atomic E-state index is 13.4. The second-order valence-electron chi connectivity index (χ2n) is 10.9. The van der Waals surface area contributed by atoms with Crippen molar-refractivity contribution in [3.63, 3.8) is 0 Å². The summed E-state index contributed by atoms with van der Waals surface area (Å²) in [6, 6.07) is 0. The minimum atomic E-state index is -0.505. The first kappa shape index (κ1) is 22.9. The van der Waals surface area contributed by atoms with Gasteiger partial charge in [-0.15, -0.1) is 0 Å². The Labute approximate surface area is 205 Å². The monoisotopic (exact) mass is 485 g/mol. The third-order valence-electron chi connectivity index (χ3n) is 10.4. The number of ketones is 2. The molecule has 1 saturated heterocycles. The zero-order valence-electron chi connectivity index (χ0n) is 18.7. The molecule has 0 unspecified atom stereocenters. The predicted octanol–water partition coefficient (Wildman–Crippen LogP) is 3.26. The van der Waals surface area contributed by atoms with Crippen LogP contribution in [0.25, 0.3) is 0 Å². The van der Waals surface area contributed by atoms with Crippen molar-refractivity contribution in [2.45, 2.75) is 59.5 Å². The van der Waals surface area contributed by atoms with E-state index in [9.17, 15) is 14.7 Å². The number of Topliss-reactive ketones (excluding diaryl/α,β-unsaturated/α-hetero) is 1. The average molecular weight is 485 g/mol. The maximum atomic E-state index is 13.4. The summed E-state index contributed by atoms with van der Waals surface area (Å²) >= 11 is 0. The normalized spacial score (nSPS) is 51.0. The van der Waals surface area contributed by atoms with Gasteiger partial charge in [0.15, 0.2) is 0 Å². The van der Waals surface area contributed by atoms with Gasteiger partial charge < -0.3 is 15.2 Å². The van der Waals surface area contributed by atoms with E-state index in [2.05, 4.69) is 32.5 Å². The fraction of sp³-hybridized carbons (Fsp3) is 0.720. The molecule has 8 atom stereocenters. The van der Waals surface area contributed by atoms with Crippen LogP contribution in [0, 0.1) is 45.8 Å². The number of fused-ring (bicyclic) bond motifs is 7. The molecular weight excluding hydrogens is 451 g/mol. The predicted molar refractivity (Wildman–Crippen MR) is 112 cm³/mol. The van der Waals surface area contributed by atoms with Crippen molar-refractivity contribution in [3.8, 4) is 0 Å². The summed E-state index contributed by atoms with van der Waals surface area (Å²) in [6.07, 6.45) is 10.4. The molecule has 5 rings (SSSR count). The molecule has 0 aromatic rings. The maximum Gasteiger partial charge on any atom is 0.140 e. The van der Waals surface area contributed by atoms with E-state index in [-0.39, 0.29) is 60.2 Å². The third-order valence-corrected chi connectivity index (χ3v) is 10.4. The Morgan fingerprint density at radius 2 is 2.03 bits per heavy atom. The van der Waals surface area contributed by atoms with Crippen LogP contribution < -0.4 is 5.32 Å². The molecule has 0 aromatic carbocycles. The Bertz CT molecular complexity index is 851. The van der Waals surface area contributed by atoms with Crippen molar-refractivity contribution in [1.82, 2.24) is 5.32 Å². The van der Waals surface area contributed by atoms with Crippen molar-refractivity contribution >= 4 is 11.6 Å². The Hall–Kier alpha value is -0.286. The van der Waals surface area contributed by atoms with E-state index in [1.165, 1.54) is 0 Å². The molecule has 3 saturated carbocycles. The first-order valence-corrected chi connectivity index (χ1v) is 11.4. The van der Waals surface area contributed by atoms with Gasteiger partial charge in [0.05, 0.1) is 17.3 Å². The van der Waals surface area contributed by atoms with E-state index in [0.717, 1.165) is 31.5 Å². The molecule has 5 heteroatoms. The molecule has 1 radical (unpaired) electrons. The molecule has 0 spiro atoms. The van der Waals surface area contributed by atoms with Crippen molar-refractivity contribution in [3.05, 3.63) is 30.2 Å². The Balaban J connectivity index is 0.00000218. The van der Waals surface area contributed by atoms with Crippen LogP contribution in [0.15, 0.2) is 23.8 Å². The average Bonchev–Trinajstić information content (AvgIpc) is 3.20. The van der Waals surface area contributed by atoms with E-state index in [4.69, 9.17) is 0 Å². The summed E-state index contributed by atoms with van der Waals surface area (Å²) in [4.78, 5) is 25.4. The van der Waals surface area contributed by atoms with Gasteiger partial charge in [0.2, 0.25) is 0 Å². The van der Waals surface area contributed by atoms with Gasteiger partial charge in [-0.25, -0.2) is 6.42 Å². The minimum Gasteiger partial charge on any atom is -0.392 e. The molecule has 1 aliphatic heterocycles. The number of carbonyl (C=O) groups excluding carboxylic acids is 2. The van der Waals surface area contributed by atoms with Gasteiger partial charge in [-0.1, -0.05) is 40.2 Å². The van der Waals surface area contributed by atoms with Crippen LogP contribution >= 0.6 is 0 Å². The summed E-state index contributed by atoms with van der Waals surface area (Å²) in [5, 5.41) is 15.3.